The third-order valence-electron chi connectivity index (χ3n) is 3.77. The summed E-state index contributed by atoms with van der Waals surface area (Å²) in [7, 11) is 0. The highest BCUT2D eigenvalue weighted by molar-refractivity contribution is 5.14. The Labute approximate surface area is 119 Å². The highest BCUT2D eigenvalue weighted by atomic mass is 14.9. The Morgan fingerprint density at radius 2 is 1.58 bits per heavy atom. The van der Waals surface area contributed by atoms with Crippen LogP contribution in [0.25, 0.3) is 0 Å². The van der Waals surface area contributed by atoms with Gasteiger partial charge in [-0.15, -0.1) is 0 Å². The minimum atomic E-state index is 0.612. The van der Waals surface area contributed by atoms with E-state index in [0.717, 1.165) is 0 Å². The molecule has 1 rings (SSSR count). The van der Waals surface area contributed by atoms with Gasteiger partial charge in [0.2, 0.25) is 0 Å². The Morgan fingerprint density at radius 1 is 0.895 bits per heavy atom. The topological polar surface area (TPSA) is 12.0 Å². The van der Waals surface area contributed by atoms with Gasteiger partial charge in [0.15, 0.2) is 0 Å². The van der Waals surface area contributed by atoms with Crippen molar-refractivity contribution in [3.8, 4) is 0 Å². The lowest BCUT2D eigenvalue weighted by molar-refractivity contribution is 0.415. The van der Waals surface area contributed by atoms with Crippen LogP contribution in [-0.4, -0.2) is 12.1 Å². The average molecular weight is 261 g/mol. The van der Waals surface area contributed by atoms with E-state index in [2.05, 4.69) is 56.4 Å². The summed E-state index contributed by atoms with van der Waals surface area (Å²) in [6.45, 7) is 6.91. The van der Waals surface area contributed by atoms with Gasteiger partial charge in [-0.1, -0.05) is 62.9 Å². The summed E-state index contributed by atoms with van der Waals surface area (Å²) in [6.07, 6.45) is 9.19. The van der Waals surface area contributed by atoms with E-state index in [1.54, 1.807) is 0 Å². The molecule has 0 aromatic heterocycles. The van der Waals surface area contributed by atoms with Crippen molar-refractivity contribution >= 4 is 0 Å². The van der Waals surface area contributed by atoms with Crippen molar-refractivity contribution < 1.29 is 0 Å². The Morgan fingerprint density at radius 3 is 2.26 bits per heavy atom. The summed E-state index contributed by atoms with van der Waals surface area (Å²) < 4.78 is 0. The lowest BCUT2D eigenvalue weighted by Crippen LogP contribution is -2.34. The minimum Gasteiger partial charge on any atom is -0.312 e. The molecular weight excluding hydrogens is 230 g/mol. The maximum absolute atomic E-state index is 3.73. The van der Waals surface area contributed by atoms with Gasteiger partial charge in [-0.25, -0.2) is 0 Å². The van der Waals surface area contributed by atoms with Crippen LogP contribution in [0.1, 0.15) is 64.9 Å². The molecule has 1 aromatic carbocycles. The third-order valence-corrected chi connectivity index (χ3v) is 3.77. The van der Waals surface area contributed by atoms with Crippen molar-refractivity contribution in [1.29, 1.82) is 0 Å². The molecule has 0 spiro atoms. The molecule has 1 heteroatoms. The molecule has 0 amide bonds. The fraction of sp³-hybridized carbons (Fsp3) is 0.667. The van der Waals surface area contributed by atoms with Gasteiger partial charge in [0.1, 0.15) is 0 Å². The van der Waals surface area contributed by atoms with E-state index >= 15 is 0 Å². The standard InChI is InChI=1S/C18H31N/c1-4-5-6-8-11-16(2)19-17(3)14-15-18-12-9-7-10-13-18/h7,9-10,12-13,16-17,19H,4-6,8,11,14-15H2,1-3H3. The van der Waals surface area contributed by atoms with Gasteiger partial charge in [-0.3, -0.25) is 0 Å². The van der Waals surface area contributed by atoms with Crippen molar-refractivity contribution in [3.05, 3.63) is 35.9 Å². The highest BCUT2D eigenvalue weighted by Gasteiger charge is 2.07. The first kappa shape index (κ1) is 16.2. The summed E-state index contributed by atoms with van der Waals surface area (Å²) in [4.78, 5) is 0. The van der Waals surface area contributed by atoms with E-state index in [0.29, 0.717) is 12.1 Å². The maximum atomic E-state index is 3.73. The predicted octanol–water partition coefficient (Wildman–Crippen LogP) is 4.96. The molecular formula is C18H31N. The van der Waals surface area contributed by atoms with E-state index in [1.165, 1.54) is 50.5 Å². The second kappa shape index (κ2) is 10.0. The van der Waals surface area contributed by atoms with E-state index in [-0.39, 0.29) is 0 Å². The van der Waals surface area contributed by atoms with Gasteiger partial charge >= 0.3 is 0 Å². The fourth-order valence-electron chi connectivity index (χ4n) is 2.56. The Kier molecular flexibility index (Phi) is 8.57. The Balaban J connectivity index is 2.11. The zero-order valence-electron chi connectivity index (χ0n) is 13.0. The second-order valence-corrected chi connectivity index (χ2v) is 5.84. The SMILES string of the molecule is CCCCCCC(C)NC(C)CCc1ccccc1. The number of unbranched alkanes of at least 4 members (excludes halogenated alkanes) is 3. The molecule has 0 fully saturated rings. The molecule has 19 heavy (non-hydrogen) atoms. The molecule has 0 heterocycles. The molecule has 0 aliphatic rings. The molecule has 1 aromatic rings. The van der Waals surface area contributed by atoms with Crippen LogP contribution in [0.3, 0.4) is 0 Å². The van der Waals surface area contributed by atoms with Crippen molar-refractivity contribution in [1.82, 2.24) is 5.32 Å². The van der Waals surface area contributed by atoms with Crippen molar-refractivity contribution in [2.45, 2.75) is 77.8 Å². The van der Waals surface area contributed by atoms with Crippen molar-refractivity contribution in [2.24, 2.45) is 0 Å². The van der Waals surface area contributed by atoms with Gasteiger partial charge in [0.05, 0.1) is 0 Å². The minimum absolute atomic E-state index is 0.612. The summed E-state index contributed by atoms with van der Waals surface area (Å²) in [5.74, 6) is 0. The maximum Gasteiger partial charge on any atom is 0.00443 e. The van der Waals surface area contributed by atoms with Gasteiger partial charge in [0.25, 0.3) is 0 Å². The number of hydrogen-bond acceptors (Lipinski definition) is 1. The zero-order valence-corrected chi connectivity index (χ0v) is 13.0. The van der Waals surface area contributed by atoms with Crippen LogP contribution in [0.4, 0.5) is 0 Å². The van der Waals surface area contributed by atoms with Crippen LogP contribution < -0.4 is 5.32 Å². The number of benzene rings is 1. The number of aryl methyl sites for hydroxylation is 1. The summed E-state index contributed by atoms with van der Waals surface area (Å²) in [5, 5.41) is 3.73. The quantitative estimate of drug-likeness (QED) is 0.587. The van der Waals surface area contributed by atoms with E-state index < -0.39 is 0 Å². The van der Waals surface area contributed by atoms with Crippen LogP contribution in [0.2, 0.25) is 0 Å². The zero-order chi connectivity index (χ0) is 13.9. The van der Waals surface area contributed by atoms with Gasteiger partial charge in [-0.05, 0) is 38.7 Å². The smallest absolute Gasteiger partial charge is 0.00443 e. The molecule has 0 aliphatic heterocycles. The molecule has 0 bridgehead atoms. The average Bonchev–Trinajstić information content (AvgIpc) is 2.42. The van der Waals surface area contributed by atoms with Gasteiger partial charge in [-0.2, -0.15) is 0 Å². The molecule has 1 nitrogen and oxygen atoms in total. The molecule has 0 saturated heterocycles. The summed E-state index contributed by atoms with van der Waals surface area (Å²) >= 11 is 0. The van der Waals surface area contributed by atoms with Gasteiger partial charge in [0, 0.05) is 12.1 Å². The molecule has 0 aliphatic carbocycles. The van der Waals surface area contributed by atoms with Crippen LogP contribution in [0, 0.1) is 0 Å². The lowest BCUT2D eigenvalue weighted by Gasteiger charge is -2.20. The first-order valence-corrected chi connectivity index (χ1v) is 8.02. The van der Waals surface area contributed by atoms with E-state index in [1.807, 2.05) is 0 Å². The van der Waals surface area contributed by atoms with E-state index in [9.17, 15) is 0 Å². The largest absolute Gasteiger partial charge is 0.312 e. The van der Waals surface area contributed by atoms with Crippen LogP contribution in [-0.2, 0) is 6.42 Å². The summed E-state index contributed by atoms with van der Waals surface area (Å²) in [5.41, 5.74) is 1.45. The van der Waals surface area contributed by atoms with Crippen LogP contribution >= 0.6 is 0 Å². The normalized spacial score (nSPS) is 14.3. The Bertz CT molecular complexity index is 307. The second-order valence-electron chi connectivity index (χ2n) is 5.84. The van der Waals surface area contributed by atoms with Crippen LogP contribution in [0.5, 0.6) is 0 Å². The van der Waals surface area contributed by atoms with Gasteiger partial charge < -0.3 is 5.32 Å². The first-order chi connectivity index (χ1) is 9.22. The fourth-order valence-corrected chi connectivity index (χ4v) is 2.56. The molecule has 2 unspecified atom stereocenters. The lowest BCUT2D eigenvalue weighted by atomic mass is 10.0. The molecule has 0 saturated carbocycles. The number of hydrogen-bond donors (Lipinski definition) is 1. The Hall–Kier alpha value is -0.820. The van der Waals surface area contributed by atoms with E-state index in [4.69, 9.17) is 0 Å². The molecule has 2 atom stereocenters. The van der Waals surface area contributed by atoms with Crippen molar-refractivity contribution in [3.63, 3.8) is 0 Å². The predicted molar refractivity (Wildman–Crippen MR) is 85.6 cm³/mol. The summed E-state index contributed by atoms with van der Waals surface area (Å²) in [6, 6.07) is 12.1. The highest BCUT2D eigenvalue weighted by Crippen LogP contribution is 2.08. The number of nitrogens with one attached hydrogen (secondary N) is 1. The monoisotopic (exact) mass is 261 g/mol. The molecule has 108 valence electrons. The van der Waals surface area contributed by atoms with Crippen LogP contribution in [0.15, 0.2) is 30.3 Å². The third kappa shape index (κ3) is 8.05. The molecule has 0 radical (unpaired) electrons. The number of rotatable bonds is 10. The van der Waals surface area contributed by atoms with Crippen molar-refractivity contribution in [2.75, 3.05) is 0 Å². The molecule has 1 N–H and O–H groups in total. The first-order valence-electron chi connectivity index (χ1n) is 8.02.